The minimum absolute atomic E-state index is 0.199. The van der Waals surface area contributed by atoms with Crippen molar-refractivity contribution in [3.8, 4) is 0 Å². The smallest absolute Gasteiger partial charge is 0.207 e. The van der Waals surface area contributed by atoms with Gasteiger partial charge in [-0.05, 0) is 24.8 Å². The van der Waals surface area contributed by atoms with Crippen molar-refractivity contribution in [3.05, 3.63) is 34.5 Å². The zero-order chi connectivity index (χ0) is 11.1. The van der Waals surface area contributed by atoms with Gasteiger partial charge in [-0.1, -0.05) is 12.1 Å². The Labute approximate surface area is 87.5 Å². The molecular weight excluding hydrogens is 217 g/mol. The molecule has 0 radical (unpaired) electrons. The Kier molecular flexibility index (Phi) is 2.36. The number of fused-ring (bicyclic) bond motifs is 1. The fourth-order valence-electron chi connectivity index (χ4n) is 1.63. The molecule has 0 saturated carbocycles. The first-order chi connectivity index (χ1) is 7.07. The second-order valence-corrected chi connectivity index (χ2v) is 5.24. The average Bonchev–Trinajstić information content (AvgIpc) is 2.40. The Morgan fingerprint density at radius 1 is 1.40 bits per heavy atom. The summed E-state index contributed by atoms with van der Waals surface area (Å²) in [5.41, 5.74) is 0.431. The van der Waals surface area contributed by atoms with Crippen LogP contribution in [0.25, 0.3) is 6.08 Å². The fraction of sp³-hybridized carbons (Fsp3) is 0.200. The third kappa shape index (κ3) is 1.48. The van der Waals surface area contributed by atoms with Crippen molar-refractivity contribution in [3.63, 3.8) is 0 Å². The van der Waals surface area contributed by atoms with Gasteiger partial charge in [0.15, 0.2) is 0 Å². The summed E-state index contributed by atoms with van der Waals surface area (Å²) in [6, 6.07) is 4.26. The number of benzene rings is 1. The molecule has 0 amide bonds. The normalized spacial score (nSPS) is 17.3. The standard InChI is InChI=1S/C10H10FNO2S/c1-12-6-8-5-7-3-2-4-9(11)10(7)15(8,13)14/h2-5,12H,6H2,1H3. The van der Waals surface area contributed by atoms with Crippen LogP contribution >= 0.6 is 0 Å². The lowest BCUT2D eigenvalue weighted by Crippen LogP contribution is -2.15. The van der Waals surface area contributed by atoms with Gasteiger partial charge in [0, 0.05) is 6.54 Å². The minimum atomic E-state index is -3.62. The molecule has 0 fully saturated rings. The van der Waals surface area contributed by atoms with Crippen molar-refractivity contribution in [1.29, 1.82) is 0 Å². The maximum Gasteiger partial charge on any atom is 0.207 e. The predicted octanol–water partition coefficient (Wildman–Crippen LogP) is 1.17. The summed E-state index contributed by atoms with van der Waals surface area (Å²) in [6.07, 6.45) is 1.50. The molecule has 15 heavy (non-hydrogen) atoms. The van der Waals surface area contributed by atoms with Gasteiger partial charge < -0.3 is 5.32 Å². The molecular formula is C10H10FNO2S. The number of nitrogens with one attached hydrogen (secondary N) is 1. The second-order valence-electron chi connectivity index (χ2n) is 3.30. The summed E-state index contributed by atoms with van der Waals surface area (Å²) >= 11 is 0. The maximum atomic E-state index is 13.4. The molecule has 0 atom stereocenters. The molecule has 1 aliphatic heterocycles. The summed E-state index contributed by atoms with van der Waals surface area (Å²) in [7, 11) is -1.97. The van der Waals surface area contributed by atoms with Gasteiger partial charge in [-0.2, -0.15) is 0 Å². The first kappa shape index (κ1) is 10.3. The number of halogens is 1. The van der Waals surface area contributed by atoms with Crippen molar-refractivity contribution in [2.45, 2.75) is 4.90 Å². The van der Waals surface area contributed by atoms with Crippen molar-refractivity contribution < 1.29 is 12.8 Å². The molecule has 1 aromatic rings. The SMILES string of the molecule is CNCC1=Cc2cccc(F)c2S1(=O)=O. The maximum absolute atomic E-state index is 13.4. The monoisotopic (exact) mass is 227 g/mol. The van der Waals surface area contributed by atoms with Gasteiger partial charge in [-0.25, -0.2) is 12.8 Å². The molecule has 1 aromatic carbocycles. The van der Waals surface area contributed by atoms with E-state index in [1.54, 1.807) is 13.1 Å². The van der Waals surface area contributed by atoms with Crippen LogP contribution in [0, 0.1) is 5.82 Å². The van der Waals surface area contributed by atoms with Gasteiger partial charge in [0.1, 0.15) is 10.7 Å². The van der Waals surface area contributed by atoms with E-state index < -0.39 is 15.7 Å². The zero-order valence-electron chi connectivity index (χ0n) is 8.12. The lowest BCUT2D eigenvalue weighted by molar-refractivity contribution is 0.571. The molecule has 0 spiro atoms. The first-order valence-corrected chi connectivity index (χ1v) is 5.94. The van der Waals surface area contributed by atoms with E-state index in [1.165, 1.54) is 12.1 Å². The topological polar surface area (TPSA) is 46.2 Å². The van der Waals surface area contributed by atoms with Crippen molar-refractivity contribution >= 4 is 15.9 Å². The molecule has 5 heteroatoms. The Bertz CT molecular complexity index is 534. The lowest BCUT2D eigenvalue weighted by Gasteiger charge is -2.03. The number of likely N-dealkylation sites (N-methyl/N-ethyl adjacent to an activating group) is 1. The van der Waals surface area contributed by atoms with E-state index >= 15 is 0 Å². The Hall–Kier alpha value is -1.20. The van der Waals surface area contributed by atoms with Crippen LogP contribution in [0.15, 0.2) is 28.0 Å². The molecule has 1 N–H and O–H groups in total. The van der Waals surface area contributed by atoms with Crippen LogP contribution in [0.5, 0.6) is 0 Å². The van der Waals surface area contributed by atoms with Crippen molar-refractivity contribution in [2.24, 2.45) is 0 Å². The van der Waals surface area contributed by atoms with Crippen LogP contribution in [-0.4, -0.2) is 22.0 Å². The largest absolute Gasteiger partial charge is 0.315 e. The number of sulfone groups is 1. The Morgan fingerprint density at radius 2 is 2.13 bits per heavy atom. The highest BCUT2D eigenvalue weighted by Crippen LogP contribution is 2.33. The molecule has 3 nitrogen and oxygen atoms in total. The van der Waals surface area contributed by atoms with Crippen molar-refractivity contribution in [2.75, 3.05) is 13.6 Å². The average molecular weight is 227 g/mol. The summed E-state index contributed by atoms with van der Waals surface area (Å²) in [5.74, 6) is -0.685. The molecule has 0 bridgehead atoms. The predicted molar refractivity (Wildman–Crippen MR) is 55.5 cm³/mol. The van der Waals surface area contributed by atoms with E-state index in [0.29, 0.717) is 5.56 Å². The molecule has 1 heterocycles. The Morgan fingerprint density at radius 3 is 2.73 bits per heavy atom. The van der Waals surface area contributed by atoms with Crippen LogP contribution in [0.4, 0.5) is 4.39 Å². The van der Waals surface area contributed by atoms with Gasteiger partial charge in [-0.3, -0.25) is 0 Å². The van der Waals surface area contributed by atoms with Gasteiger partial charge in [0.25, 0.3) is 0 Å². The van der Waals surface area contributed by atoms with E-state index in [2.05, 4.69) is 5.32 Å². The minimum Gasteiger partial charge on any atom is -0.315 e. The van der Waals surface area contributed by atoms with Gasteiger partial charge in [-0.15, -0.1) is 0 Å². The Balaban J connectivity index is 2.64. The molecule has 2 rings (SSSR count). The van der Waals surface area contributed by atoms with Crippen LogP contribution in [0.2, 0.25) is 0 Å². The van der Waals surface area contributed by atoms with Crippen LogP contribution in [0.1, 0.15) is 5.56 Å². The number of hydrogen-bond acceptors (Lipinski definition) is 3. The van der Waals surface area contributed by atoms with Gasteiger partial charge in [0.2, 0.25) is 9.84 Å². The molecule has 0 unspecified atom stereocenters. The van der Waals surface area contributed by atoms with Gasteiger partial charge >= 0.3 is 0 Å². The third-order valence-corrected chi connectivity index (χ3v) is 4.20. The summed E-state index contributed by atoms with van der Waals surface area (Å²) in [4.78, 5) is 0.0142. The van der Waals surface area contributed by atoms with Crippen LogP contribution in [0.3, 0.4) is 0 Å². The molecule has 0 aliphatic carbocycles. The zero-order valence-corrected chi connectivity index (χ0v) is 8.94. The third-order valence-electron chi connectivity index (χ3n) is 2.28. The van der Waals surface area contributed by atoms with Crippen molar-refractivity contribution in [1.82, 2.24) is 5.32 Å². The highest BCUT2D eigenvalue weighted by atomic mass is 32.2. The summed E-state index contributed by atoms with van der Waals surface area (Å²) in [6.45, 7) is 0.219. The second kappa shape index (κ2) is 3.43. The molecule has 0 saturated heterocycles. The number of hydrogen-bond donors (Lipinski definition) is 1. The molecule has 80 valence electrons. The summed E-state index contributed by atoms with van der Waals surface area (Å²) in [5, 5.41) is 2.75. The molecule has 1 aliphatic rings. The lowest BCUT2D eigenvalue weighted by atomic mass is 10.2. The quantitative estimate of drug-likeness (QED) is 0.825. The fourth-order valence-corrected chi connectivity index (χ4v) is 3.27. The van der Waals surface area contributed by atoms with Gasteiger partial charge in [0.05, 0.1) is 4.91 Å². The van der Waals surface area contributed by atoms with Crippen LogP contribution in [-0.2, 0) is 9.84 Å². The van der Waals surface area contributed by atoms with E-state index in [0.717, 1.165) is 6.07 Å². The highest BCUT2D eigenvalue weighted by Gasteiger charge is 2.31. The van der Waals surface area contributed by atoms with E-state index in [-0.39, 0.29) is 16.3 Å². The van der Waals surface area contributed by atoms with E-state index in [4.69, 9.17) is 0 Å². The first-order valence-electron chi connectivity index (χ1n) is 4.46. The summed E-state index contributed by atoms with van der Waals surface area (Å²) < 4.78 is 37.1. The van der Waals surface area contributed by atoms with E-state index in [9.17, 15) is 12.8 Å². The highest BCUT2D eigenvalue weighted by molar-refractivity contribution is 7.95. The van der Waals surface area contributed by atoms with Crippen LogP contribution < -0.4 is 5.32 Å². The van der Waals surface area contributed by atoms with E-state index in [1.807, 2.05) is 0 Å². The number of rotatable bonds is 2. The molecule has 0 aromatic heterocycles.